The molecular weight excluding hydrogens is 354 g/mol. The van der Waals surface area contributed by atoms with Gasteiger partial charge in [-0.2, -0.15) is 4.80 Å². The fourth-order valence-electron chi connectivity index (χ4n) is 3.81. The molecule has 28 heavy (non-hydrogen) atoms. The van der Waals surface area contributed by atoms with Gasteiger partial charge in [-0.25, -0.2) is 0 Å². The van der Waals surface area contributed by atoms with Crippen LogP contribution in [0.2, 0.25) is 0 Å². The second kappa shape index (κ2) is 7.67. The smallest absolute Gasteiger partial charge is 0.205 e. The molecule has 0 aliphatic carbocycles. The van der Waals surface area contributed by atoms with Crippen LogP contribution in [0, 0.1) is 20.8 Å². The molecule has 1 aliphatic rings. The van der Waals surface area contributed by atoms with Crippen LogP contribution < -0.4 is 0 Å². The van der Waals surface area contributed by atoms with Crippen molar-refractivity contribution in [2.75, 3.05) is 6.61 Å². The number of tetrazole rings is 1. The second-order valence-electron chi connectivity index (χ2n) is 7.41. The average molecular weight is 379 g/mol. The van der Waals surface area contributed by atoms with E-state index in [1.165, 1.54) is 4.80 Å². The Morgan fingerprint density at radius 3 is 2.82 bits per heavy atom. The molecule has 4 rings (SSSR count). The number of ketones is 1. The summed E-state index contributed by atoms with van der Waals surface area (Å²) in [5.74, 6) is 0.523. The van der Waals surface area contributed by atoms with E-state index < -0.39 is 0 Å². The summed E-state index contributed by atoms with van der Waals surface area (Å²) in [6.07, 6.45) is 2.42. The Balaban J connectivity index is 1.51. The summed E-state index contributed by atoms with van der Waals surface area (Å²) in [6.45, 7) is 7.72. The van der Waals surface area contributed by atoms with Crippen LogP contribution in [0.4, 0.5) is 0 Å². The van der Waals surface area contributed by atoms with Crippen LogP contribution in [0.1, 0.15) is 40.2 Å². The van der Waals surface area contributed by atoms with E-state index in [-0.39, 0.29) is 18.4 Å². The Hall–Kier alpha value is -2.80. The first kappa shape index (κ1) is 18.6. The van der Waals surface area contributed by atoms with Gasteiger partial charge in [-0.05, 0) is 50.5 Å². The third kappa shape index (κ3) is 3.62. The summed E-state index contributed by atoms with van der Waals surface area (Å²) in [6, 6.07) is 9.82. The van der Waals surface area contributed by atoms with Gasteiger partial charge in [-0.3, -0.25) is 4.79 Å². The lowest BCUT2D eigenvalue weighted by Crippen LogP contribution is -2.18. The highest BCUT2D eigenvalue weighted by Gasteiger charge is 2.21. The molecule has 3 heterocycles. The highest BCUT2D eigenvalue weighted by atomic mass is 16.5. The third-order valence-corrected chi connectivity index (χ3v) is 5.41. The van der Waals surface area contributed by atoms with Crippen LogP contribution in [0.25, 0.3) is 11.4 Å². The zero-order valence-corrected chi connectivity index (χ0v) is 16.6. The van der Waals surface area contributed by atoms with Crippen molar-refractivity contribution in [2.45, 2.75) is 52.8 Å². The van der Waals surface area contributed by atoms with Crippen molar-refractivity contribution >= 4 is 5.78 Å². The van der Waals surface area contributed by atoms with Gasteiger partial charge in [0.15, 0.2) is 5.78 Å². The lowest BCUT2D eigenvalue weighted by Gasteiger charge is -2.14. The highest BCUT2D eigenvalue weighted by Crippen LogP contribution is 2.21. The molecule has 2 aromatic heterocycles. The van der Waals surface area contributed by atoms with Gasteiger partial charge >= 0.3 is 0 Å². The molecule has 0 bridgehead atoms. The van der Waals surface area contributed by atoms with Crippen LogP contribution in [-0.2, 0) is 17.8 Å². The van der Waals surface area contributed by atoms with E-state index in [0.717, 1.165) is 48.5 Å². The monoisotopic (exact) mass is 379 g/mol. The van der Waals surface area contributed by atoms with Gasteiger partial charge in [0, 0.05) is 35.7 Å². The molecule has 0 unspecified atom stereocenters. The van der Waals surface area contributed by atoms with Gasteiger partial charge in [0.05, 0.1) is 6.10 Å². The fourth-order valence-corrected chi connectivity index (χ4v) is 3.81. The van der Waals surface area contributed by atoms with Crippen molar-refractivity contribution in [3.8, 4) is 11.4 Å². The van der Waals surface area contributed by atoms with E-state index in [4.69, 9.17) is 4.74 Å². The minimum absolute atomic E-state index is 0.0135. The molecule has 1 aromatic carbocycles. The first-order chi connectivity index (χ1) is 13.5. The Kier molecular flexibility index (Phi) is 5.09. The number of nitrogens with zero attached hydrogens (tertiary/aromatic N) is 5. The number of Topliss-reactive ketones (excluding diaryl/α,β-unsaturated/α-hetero) is 1. The summed E-state index contributed by atoms with van der Waals surface area (Å²) in [4.78, 5) is 14.2. The summed E-state index contributed by atoms with van der Waals surface area (Å²) in [7, 11) is 0. The molecule has 1 fully saturated rings. The maximum atomic E-state index is 12.9. The Bertz CT molecular complexity index is 998. The molecule has 146 valence electrons. The van der Waals surface area contributed by atoms with Crippen molar-refractivity contribution in [1.82, 2.24) is 24.8 Å². The van der Waals surface area contributed by atoms with Crippen molar-refractivity contribution in [3.63, 3.8) is 0 Å². The summed E-state index contributed by atoms with van der Waals surface area (Å²) in [5, 5.41) is 12.6. The van der Waals surface area contributed by atoms with Crippen LogP contribution in [0.3, 0.4) is 0 Å². The van der Waals surface area contributed by atoms with Crippen LogP contribution in [0.15, 0.2) is 30.3 Å². The molecule has 1 aliphatic heterocycles. The number of carbonyl (C=O) groups is 1. The Morgan fingerprint density at radius 1 is 1.25 bits per heavy atom. The maximum absolute atomic E-state index is 12.9. The van der Waals surface area contributed by atoms with Crippen molar-refractivity contribution < 1.29 is 9.53 Å². The average Bonchev–Trinajstić information content (AvgIpc) is 3.40. The lowest BCUT2D eigenvalue weighted by molar-refractivity contribution is 0.0943. The zero-order valence-electron chi connectivity index (χ0n) is 16.6. The number of aromatic nitrogens is 5. The van der Waals surface area contributed by atoms with E-state index in [9.17, 15) is 4.79 Å². The van der Waals surface area contributed by atoms with Crippen molar-refractivity contribution in [1.29, 1.82) is 0 Å². The van der Waals surface area contributed by atoms with Crippen LogP contribution in [-0.4, -0.2) is 43.3 Å². The van der Waals surface area contributed by atoms with Crippen LogP contribution >= 0.6 is 0 Å². The number of hydrogen-bond donors (Lipinski definition) is 0. The largest absolute Gasteiger partial charge is 0.376 e. The molecule has 0 radical (unpaired) electrons. The van der Waals surface area contributed by atoms with E-state index >= 15 is 0 Å². The molecule has 1 atom stereocenters. The lowest BCUT2D eigenvalue weighted by atomic mass is 10.1. The molecular formula is C21H25N5O2. The Labute approximate surface area is 164 Å². The van der Waals surface area contributed by atoms with E-state index in [1.54, 1.807) is 0 Å². The first-order valence-corrected chi connectivity index (χ1v) is 9.68. The Morgan fingerprint density at radius 2 is 2.07 bits per heavy atom. The van der Waals surface area contributed by atoms with E-state index in [1.807, 2.05) is 51.1 Å². The molecule has 7 nitrogen and oxygen atoms in total. The summed E-state index contributed by atoms with van der Waals surface area (Å²) in [5.41, 5.74) is 4.76. The second-order valence-corrected chi connectivity index (χ2v) is 7.41. The number of ether oxygens (including phenoxy) is 1. The molecule has 7 heteroatoms. The molecule has 0 spiro atoms. The van der Waals surface area contributed by atoms with E-state index in [0.29, 0.717) is 11.4 Å². The summed E-state index contributed by atoms with van der Waals surface area (Å²) < 4.78 is 7.93. The number of carbonyl (C=O) groups excluding carboxylic acids is 1. The molecule has 1 saturated heterocycles. The standard InChI is InChI=1S/C21H25N5O2/c1-14-7-4-5-9-18(14)21-22-24-26(23-21)13-20(27)19-11-15(2)25(16(19)3)12-17-8-6-10-28-17/h4-5,7,9,11,17H,6,8,10,12-13H2,1-3H3/t17-/m0/s1. The van der Waals surface area contributed by atoms with Crippen molar-refractivity contribution in [2.24, 2.45) is 0 Å². The molecule has 0 N–H and O–H groups in total. The maximum Gasteiger partial charge on any atom is 0.205 e. The highest BCUT2D eigenvalue weighted by molar-refractivity contribution is 5.97. The van der Waals surface area contributed by atoms with Crippen molar-refractivity contribution in [3.05, 3.63) is 52.8 Å². The normalized spacial score (nSPS) is 16.6. The van der Waals surface area contributed by atoms with Crippen LogP contribution in [0.5, 0.6) is 0 Å². The summed E-state index contributed by atoms with van der Waals surface area (Å²) >= 11 is 0. The van der Waals surface area contributed by atoms with E-state index in [2.05, 4.69) is 20.0 Å². The zero-order chi connectivity index (χ0) is 19.7. The number of hydrogen-bond acceptors (Lipinski definition) is 5. The minimum atomic E-state index is -0.0135. The SMILES string of the molecule is Cc1ccccc1-c1nnn(CC(=O)c2cc(C)n(C[C@@H]3CCCO3)c2C)n1. The molecule has 3 aromatic rings. The fraction of sp³-hybridized carbons (Fsp3) is 0.429. The number of aryl methyl sites for hydroxylation is 2. The first-order valence-electron chi connectivity index (χ1n) is 9.68. The predicted molar refractivity (Wildman–Crippen MR) is 105 cm³/mol. The predicted octanol–water partition coefficient (Wildman–Crippen LogP) is 3.13. The van der Waals surface area contributed by atoms with Gasteiger partial charge in [-0.1, -0.05) is 24.3 Å². The van der Waals surface area contributed by atoms with Gasteiger partial charge < -0.3 is 9.30 Å². The molecule has 0 saturated carbocycles. The van der Waals surface area contributed by atoms with Gasteiger partial charge in [0.1, 0.15) is 6.54 Å². The number of rotatable bonds is 6. The molecule has 0 amide bonds. The minimum Gasteiger partial charge on any atom is -0.376 e. The quantitative estimate of drug-likeness (QED) is 0.615. The third-order valence-electron chi connectivity index (χ3n) is 5.41. The van der Waals surface area contributed by atoms with Gasteiger partial charge in [0.2, 0.25) is 5.82 Å². The topological polar surface area (TPSA) is 74.8 Å². The number of benzene rings is 1. The van der Waals surface area contributed by atoms with Gasteiger partial charge in [0.25, 0.3) is 0 Å². The van der Waals surface area contributed by atoms with Gasteiger partial charge in [-0.15, -0.1) is 10.2 Å².